The lowest BCUT2D eigenvalue weighted by molar-refractivity contribution is 0.262. The number of nitrogens with one attached hydrogen (secondary N) is 2. The summed E-state index contributed by atoms with van der Waals surface area (Å²) in [6.45, 7) is 1.87. The molecule has 4 nitrogen and oxygen atoms in total. The topological polar surface area (TPSA) is 67.1 Å². The molecule has 0 aliphatic rings. The van der Waals surface area contributed by atoms with Crippen molar-refractivity contribution in [3.8, 4) is 0 Å². The van der Waals surface area contributed by atoms with Crippen LogP contribution in [0.5, 0.6) is 0 Å². The minimum absolute atomic E-state index is 0.357. The molecule has 2 amide bonds. The number of nitrogen functional groups attached to an aromatic ring is 1. The summed E-state index contributed by atoms with van der Waals surface area (Å²) in [5.41, 5.74) is 8.52. The summed E-state index contributed by atoms with van der Waals surface area (Å²) in [7, 11) is 0. The lowest BCUT2D eigenvalue weighted by Gasteiger charge is -2.13. The van der Waals surface area contributed by atoms with E-state index in [9.17, 15) is 4.79 Å². The van der Waals surface area contributed by atoms with Gasteiger partial charge in [-0.25, -0.2) is 4.79 Å². The van der Waals surface area contributed by atoms with Gasteiger partial charge in [0, 0.05) is 15.2 Å². The van der Waals surface area contributed by atoms with Gasteiger partial charge in [0.25, 0.3) is 0 Å². The lowest BCUT2D eigenvalue weighted by atomic mass is 10.1. The van der Waals surface area contributed by atoms with Crippen LogP contribution in [0.3, 0.4) is 0 Å². The number of hydrogen-bond acceptors (Lipinski definition) is 2. The highest BCUT2D eigenvalue weighted by atomic mass is 79.9. The molecular formula is C14H13BrClN3O. The van der Waals surface area contributed by atoms with E-state index in [0.29, 0.717) is 22.1 Å². The average Bonchev–Trinajstić information content (AvgIpc) is 2.36. The Kier molecular flexibility index (Phi) is 4.52. The maximum absolute atomic E-state index is 11.9. The van der Waals surface area contributed by atoms with Crippen LogP contribution in [0.25, 0.3) is 0 Å². The summed E-state index contributed by atoms with van der Waals surface area (Å²) in [5.74, 6) is 0. The van der Waals surface area contributed by atoms with Crippen molar-refractivity contribution in [2.45, 2.75) is 6.92 Å². The van der Waals surface area contributed by atoms with Crippen LogP contribution in [0.4, 0.5) is 21.9 Å². The van der Waals surface area contributed by atoms with Gasteiger partial charge in [-0.3, -0.25) is 0 Å². The summed E-state index contributed by atoms with van der Waals surface area (Å²) in [4.78, 5) is 11.9. The van der Waals surface area contributed by atoms with E-state index < -0.39 is 0 Å². The Bertz CT molecular complexity index is 620. The number of nitrogens with two attached hydrogens (primary N) is 1. The molecule has 0 radical (unpaired) electrons. The Morgan fingerprint density at radius 1 is 1.20 bits per heavy atom. The van der Waals surface area contributed by atoms with Gasteiger partial charge in [0.05, 0.1) is 11.4 Å². The standard InChI is InChI=1S/C14H13BrClN3O/c1-8-6-9(15)7-12(17)13(8)19-14(20)18-11-4-2-10(16)3-5-11/h2-7H,17H2,1H3,(H2,18,19,20). The Hall–Kier alpha value is -1.72. The van der Waals surface area contributed by atoms with E-state index in [0.717, 1.165) is 10.0 Å². The second kappa shape index (κ2) is 6.15. The molecule has 0 unspecified atom stereocenters. The highest BCUT2D eigenvalue weighted by molar-refractivity contribution is 9.10. The van der Waals surface area contributed by atoms with E-state index >= 15 is 0 Å². The molecule has 2 rings (SSSR count). The third-order valence-corrected chi connectivity index (χ3v) is 3.38. The Morgan fingerprint density at radius 3 is 2.45 bits per heavy atom. The summed E-state index contributed by atoms with van der Waals surface area (Å²) >= 11 is 9.14. The molecule has 6 heteroatoms. The first-order chi connectivity index (χ1) is 9.45. The van der Waals surface area contributed by atoms with Gasteiger partial charge in [-0.15, -0.1) is 0 Å². The molecule has 0 aliphatic heterocycles. The van der Waals surface area contributed by atoms with Crippen molar-refractivity contribution in [1.82, 2.24) is 0 Å². The van der Waals surface area contributed by atoms with E-state index in [1.54, 1.807) is 30.3 Å². The monoisotopic (exact) mass is 353 g/mol. The first kappa shape index (κ1) is 14.7. The molecule has 0 fully saturated rings. The number of carbonyl (C=O) groups excluding carboxylic acids is 1. The zero-order valence-electron chi connectivity index (χ0n) is 10.7. The zero-order chi connectivity index (χ0) is 14.7. The van der Waals surface area contributed by atoms with Gasteiger partial charge in [-0.05, 0) is 48.9 Å². The van der Waals surface area contributed by atoms with Gasteiger partial charge in [-0.2, -0.15) is 0 Å². The highest BCUT2D eigenvalue weighted by Crippen LogP contribution is 2.27. The summed E-state index contributed by atoms with van der Waals surface area (Å²) in [6.07, 6.45) is 0. The van der Waals surface area contributed by atoms with Crippen molar-refractivity contribution in [3.63, 3.8) is 0 Å². The number of benzene rings is 2. The van der Waals surface area contributed by atoms with Gasteiger partial charge < -0.3 is 16.4 Å². The van der Waals surface area contributed by atoms with Crippen LogP contribution in [-0.2, 0) is 0 Å². The molecule has 0 aromatic heterocycles. The number of aryl methyl sites for hydroxylation is 1. The number of halogens is 2. The maximum Gasteiger partial charge on any atom is 0.323 e. The molecule has 0 bridgehead atoms. The van der Waals surface area contributed by atoms with Crippen LogP contribution in [-0.4, -0.2) is 6.03 Å². The van der Waals surface area contributed by atoms with Crippen LogP contribution in [0.15, 0.2) is 40.9 Å². The normalized spacial score (nSPS) is 10.2. The molecule has 20 heavy (non-hydrogen) atoms. The summed E-state index contributed by atoms with van der Waals surface area (Å²) < 4.78 is 0.871. The molecule has 2 aromatic carbocycles. The van der Waals surface area contributed by atoms with Gasteiger partial charge in [-0.1, -0.05) is 27.5 Å². The van der Waals surface area contributed by atoms with Crippen molar-refractivity contribution >= 4 is 50.6 Å². The van der Waals surface area contributed by atoms with Crippen LogP contribution in [0.2, 0.25) is 5.02 Å². The second-order valence-electron chi connectivity index (χ2n) is 4.27. The summed E-state index contributed by atoms with van der Waals surface area (Å²) in [6, 6.07) is 10.1. The number of urea groups is 1. The first-order valence-corrected chi connectivity index (χ1v) is 7.02. The van der Waals surface area contributed by atoms with Gasteiger partial charge in [0.15, 0.2) is 0 Å². The Morgan fingerprint density at radius 2 is 1.85 bits per heavy atom. The van der Waals surface area contributed by atoms with Gasteiger partial charge in [0.2, 0.25) is 0 Å². The molecule has 0 atom stereocenters. The maximum atomic E-state index is 11.9. The quantitative estimate of drug-likeness (QED) is 0.688. The van der Waals surface area contributed by atoms with Crippen LogP contribution in [0, 0.1) is 6.92 Å². The molecule has 0 saturated heterocycles. The fraction of sp³-hybridized carbons (Fsp3) is 0.0714. The number of anilines is 3. The molecule has 2 aromatic rings. The smallest absolute Gasteiger partial charge is 0.323 e. The number of hydrogen-bond donors (Lipinski definition) is 3. The van der Waals surface area contributed by atoms with E-state index in [4.69, 9.17) is 17.3 Å². The van der Waals surface area contributed by atoms with Crippen molar-refractivity contribution < 1.29 is 4.79 Å². The lowest BCUT2D eigenvalue weighted by Crippen LogP contribution is -2.20. The minimum Gasteiger partial charge on any atom is -0.397 e. The number of amides is 2. The predicted octanol–water partition coefficient (Wildman–Crippen LogP) is 4.64. The molecule has 0 aliphatic carbocycles. The van der Waals surface area contributed by atoms with E-state index in [1.807, 2.05) is 13.0 Å². The van der Waals surface area contributed by atoms with Crippen molar-refractivity contribution in [2.24, 2.45) is 0 Å². The first-order valence-electron chi connectivity index (χ1n) is 5.85. The zero-order valence-corrected chi connectivity index (χ0v) is 13.0. The molecular weight excluding hydrogens is 342 g/mol. The van der Waals surface area contributed by atoms with Gasteiger partial charge in [0.1, 0.15) is 0 Å². The molecule has 104 valence electrons. The predicted molar refractivity (Wildman–Crippen MR) is 87.4 cm³/mol. The van der Waals surface area contributed by atoms with E-state index in [2.05, 4.69) is 26.6 Å². The molecule has 0 heterocycles. The fourth-order valence-corrected chi connectivity index (χ4v) is 2.46. The average molecular weight is 355 g/mol. The summed E-state index contributed by atoms with van der Waals surface area (Å²) in [5, 5.41) is 6.07. The molecule has 0 saturated carbocycles. The molecule has 0 spiro atoms. The van der Waals surface area contributed by atoms with E-state index in [1.165, 1.54) is 0 Å². The fourth-order valence-electron chi connectivity index (χ4n) is 1.75. The number of rotatable bonds is 2. The van der Waals surface area contributed by atoms with Crippen molar-refractivity contribution in [2.75, 3.05) is 16.4 Å². The Balaban J connectivity index is 2.10. The largest absolute Gasteiger partial charge is 0.397 e. The van der Waals surface area contributed by atoms with Crippen molar-refractivity contribution in [1.29, 1.82) is 0 Å². The third kappa shape index (κ3) is 3.65. The van der Waals surface area contributed by atoms with E-state index in [-0.39, 0.29) is 6.03 Å². The van der Waals surface area contributed by atoms with Crippen molar-refractivity contribution in [3.05, 3.63) is 51.5 Å². The highest BCUT2D eigenvalue weighted by Gasteiger charge is 2.09. The number of carbonyl (C=O) groups is 1. The molecule has 4 N–H and O–H groups in total. The SMILES string of the molecule is Cc1cc(Br)cc(N)c1NC(=O)Nc1ccc(Cl)cc1. The van der Waals surface area contributed by atoms with Crippen LogP contribution >= 0.6 is 27.5 Å². The second-order valence-corrected chi connectivity index (χ2v) is 5.63. The van der Waals surface area contributed by atoms with Gasteiger partial charge >= 0.3 is 6.03 Å². The third-order valence-electron chi connectivity index (χ3n) is 2.67. The minimum atomic E-state index is -0.357. The Labute approximate surface area is 130 Å². The van der Waals surface area contributed by atoms with Crippen LogP contribution in [0.1, 0.15) is 5.56 Å². The van der Waals surface area contributed by atoms with Crippen LogP contribution < -0.4 is 16.4 Å².